The van der Waals surface area contributed by atoms with Crippen molar-refractivity contribution in [1.82, 2.24) is 30.4 Å². The van der Waals surface area contributed by atoms with Crippen LogP contribution in [0.25, 0.3) is 0 Å². The van der Waals surface area contributed by atoms with Crippen molar-refractivity contribution in [3.63, 3.8) is 0 Å². The van der Waals surface area contributed by atoms with Gasteiger partial charge in [-0.2, -0.15) is 5.10 Å². The average Bonchev–Trinajstić information content (AvgIpc) is 3.27. The van der Waals surface area contributed by atoms with E-state index < -0.39 is 0 Å². The molecular weight excluding hydrogens is 485 g/mol. The van der Waals surface area contributed by atoms with Crippen LogP contribution >= 0.6 is 35.3 Å². The Labute approximate surface area is 186 Å². The molecular formula is C19H26IN7S. The average molecular weight is 511 g/mol. The van der Waals surface area contributed by atoms with Crippen molar-refractivity contribution in [2.45, 2.75) is 40.4 Å². The van der Waals surface area contributed by atoms with Crippen molar-refractivity contribution in [3.05, 3.63) is 63.6 Å². The third kappa shape index (κ3) is 6.55. The second-order valence-corrected chi connectivity index (χ2v) is 7.49. The highest BCUT2D eigenvalue weighted by molar-refractivity contribution is 14.0. The first-order valence-electron chi connectivity index (χ1n) is 8.99. The van der Waals surface area contributed by atoms with Crippen molar-refractivity contribution in [3.8, 4) is 0 Å². The summed E-state index contributed by atoms with van der Waals surface area (Å²) >= 11 is 1.72. The van der Waals surface area contributed by atoms with E-state index in [9.17, 15) is 0 Å². The first-order valence-corrected chi connectivity index (χ1v) is 9.81. The maximum Gasteiger partial charge on any atom is 0.191 e. The smallest absolute Gasteiger partial charge is 0.191 e. The quantitative estimate of drug-likeness (QED) is 0.289. The summed E-state index contributed by atoms with van der Waals surface area (Å²) in [6, 6.07) is 8.40. The van der Waals surface area contributed by atoms with Gasteiger partial charge in [-0.1, -0.05) is 24.3 Å². The van der Waals surface area contributed by atoms with Gasteiger partial charge in [-0.15, -0.1) is 35.3 Å². The lowest BCUT2D eigenvalue weighted by Gasteiger charge is -2.11. The number of hydrogen-bond donors (Lipinski definition) is 2. The summed E-state index contributed by atoms with van der Waals surface area (Å²) in [5, 5.41) is 11.9. The van der Waals surface area contributed by atoms with Gasteiger partial charge in [0.15, 0.2) is 5.96 Å². The lowest BCUT2D eigenvalue weighted by molar-refractivity contribution is 0.684. The lowest BCUT2D eigenvalue weighted by Crippen LogP contribution is -2.36. The summed E-state index contributed by atoms with van der Waals surface area (Å²) in [7, 11) is 0. The van der Waals surface area contributed by atoms with Crippen molar-refractivity contribution >= 4 is 41.3 Å². The summed E-state index contributed by atoms with van der Waals surface area (Å²) in [5.74, 6) is 0.810. The molecule has 0 atom stereocenters. The third-order valence-electron chi connectivity index (χ3n) is 3.98. The molecule has 28 heavy (non-hydrogen) atoms. The Morgan fingerprint density at radius 3 is 2.71 bits per heavy atom. The van der Waals surface area contributed by atoms with Gasteiger partial charge in [0.05, 0.1) is 30.3 Å². The number of aryl methyl sites for hydroxylation is 2. The van der Waals surface area contributed by atoms with E-state index in [-0.39, 0.29) is 24.0 Å². The van der Waals surface area contributed by atoms with Crippen LogP contribution in [0.1, 0.15) is 33.6 Å². The van der Waals surface area contributed by atoms with E-state index in [1.54, 1.807) is 24.0 Å². The van der Waals surface area contributed by atoms with Gasteiger partial charge in [0.1, 0.15) is 12.7 Å². The van der Waals surface area contributed by atoms with E-state index in [4.69, 9.17) is 4.99 Å². The molecule has 0 aliphatic carbocycles. The number of rotatable bonds is 7. The molecule has 0 aliphatic rings. The van der Waals surface area contributed by atoms with E-state index in [1.807, 2.05) is 18.5 Å². The second kappa shape index (κ2) is 11.1. The summed E-state index contributed by atoms with van der Waals surface area (Å²) in [5.41, 5.74) is 3.43. The van der Waals surface area contributed by atoms with Crippen LogP contribution in [-0.4, -0.2) is 32.3 Å². The number of halogens is 1. The summed E-state index contributed by atoms with van der Waals surface area (Å²) in [6.45, 7) is 9.02. The predicted octanol–water partition coefficient (Wildman–Crippen LogP) is 3.27. The molecule has 7 nitrogen and oxygen atoms in total. The highest BCUT2D eigenvalue weighted by atomic mass is 127. The zero-order chi connectivity index (χ0) is 19.1. The number of nitrogens with zero attached hydrogens (tertiary/aromatic N) is 5. The monoisotopic (exact) mass is 511 g/mol. The van der Waals surface area contributed by atoms with Gasteiger partial charge in [-0.05, 0) is 31.9 Å². The van der Waals surface area contributed by atoms with Gasteiger partial charge in [-0.3, -0.25) is 0 Å². The highest BCUT2D eigenvalue weighted by Gasteiger charge is 2.06. The molecule has 0 aliphatic heterocycles. The highest BCUT2D eigenvalue weighted by Crippen LogP contribution is 2.16. The largest absolute Gasteiger partial charge is 0.357 e. The van der Waals surface area contributed by atoms with Gasteiger partial charge in [0, 0.05) is 11.4 Å². The van der Waals surface area contributed by atoms with Crippen LogP contribution < -0.4 is 10.6 Å². The number of nitrogens with one attached hydrogen (secondary N) is 2. The second-order valence-electron chi connectivity index (χ2n) is 6.20. The Bertz CT molecular complexity index is 890. The SMILES string of the molecule is CCNC(=NCc1cccc(Cn2cncn2)c1)NCc1sc(C)nc1C.I. The summed E-state index contributed by atoms with van der Waals surface area (Å²) in [4.78, 5) is 14.4. The fourth-order valence-corrected chi connectivity index (χ4v) is 3.62. The Balaban J connectivity index is 0.00000280. The van der Waals surface area contributed by atoms with E-state index in [1.165, 1.54) is 10.4 Å². The van der Waals surface area contributed by atoms with Crippen LogP contribution in [0.15, 0.2) is 41.9 Å². The molecule has 0 saturated heterocycles. The number of thiazole rings is 1. The standard InChI is InChI=1S/C19H25N7S.HI/c1-4-21-19(23-10-18-14(2)25-15(3)27-18)22-9-16-6-5-7-17(8-16)11-26-13-20-12-24-26;/h5-8,12-13H,4,9-11H2,1-3H3,(H2,21,22,23);1H. The Hall–Kier alpha value is -2.01. The molecule has 3 aromatic rings. The fraction of sp³-hybridized carbons (Fsp3) is 0.368. The van der Waals surface area contributed by atoms with Crippen molar-refractivity contribution in [1.29, 1.82) is 0 Å². The Morgan fingerprint density at radius 2 is 2.04 bits per heavy atom. The maximum absolute atomic E-state index is 4.72. The van der Waals surface area contributed by atoms with Crippen LogP contribution in [0.4, 0.5) is 0 Å². The number of benzene rings is 1. The molecule has 0 bridgehead atoms. The Kier molecular flexibility index (Phi) is 8.84. The molecule has 0 unspecified atom stereocenters. The van der Waals surface area contributed by atoms with Crippen molar-refractivity contribution in [2.24, 2.45) is 4.99 Å². The molecule has 150 valence electrons. The topological polar surface area (TPSA) is 80.0 Å². The molecule has 0 amide bonds. The van der Waals surface area contributed by atoms with Gasteiger partial charge in [0.25, 0.3) is 0 Å². The van der Waals surface area contributed by atoms with E-state index >= 15 is 0 Å². The van der Waals surface area contributed by atoms with E-state index in [0.717, 1.165) is 35.3 Å². The fourth-order valence-electron chi connectivity index (χ4n) is 2.74. The maximum atomic E-state index is 4.72. The zero-order valence-corrected chi connectivity index (χ0v) is 19.5. The van der Waals surface area contributed by atoms with Gasteiger partial charge in [0.2, 0.25) is 0 Å². The number of guanidine groups is 1. The van der Waals surface area contributed by atoms with Gasteiger partial charge >= 0.3 is 0 Å². The molecule has 0 radical (unpaired) electrons. The number of hydrogen-bond acceptors (Lipinski definition) is 5. The van der Waals surface area contributed by atoms with Crippen molar-refractivity contribution in [2.75, 3.05) is 6.54 Å². The van der Waals surface area contributed by atoms with Crippen LogP contribution in [0.3, 0.4) is 0 Å². The van der Waals surface area contributed by atoms with Crippen LogP contribution in [0.5, 0.6) is 0 Å². The first kappa shape index (κ1) is 22.3. The van der Waals surface area contributed by atoms with Crippen LogP contribution in [-0.2, 0) is 19.6 Å². The van der Waals surface area contributed by atoms with Crippen LogP contribution in [0.2, 0.25) is 0 Å². The predicted molar refractivity (Wildman–Crippen MR) is 124 cm³/mol. The normalized spacial score (nSPS) is 11.2. The molecule has 1 aromatic carbocycles. The minimum absolute atomic E-state index is 0. The van der Waals surface area contributed by atoms with Crippen molar-refractivity contribution < 1.29 is 0 Å². The first-order chi connectivity index (χ1) is 13.1. The minimum Gasteiger partial charge on any atom is -0.357 e. The Morgan fingerprint density at radius 1 is 1.21 bits per heavy atom. The number of aromatic nitrogens is 4. The summed E-state index contributed by atoms with van der Waals surface area (Å²) in [6.07, 6.45) is 3.27. The molecule has 2 N–H and O–H groups in total. The molecule has 2 aromatic heterocycles. The van der Waals surface area contributed by atoms with Gasteiger partial charge in [-0.25, -0.2) is 19.6 Å². The molecule has 3 rings (SSSR count). The van der Waals surface area contributed by atoms with Gasteiger partial charge < -0.3 is 10.6 Å². The molecule has 0 fully saturated rings. The minimum atomic E-state index is 0. The molecule has 9 heteroatoms. The van der Waals surface area contributed by atoms with E-state index in [2.05, 4.69) is 56.9 Å². The molecule has 2 heterocycles. The molecule has 0 spiro atoms. The van der Waals surface area contributed by atoms with E-state index in [0.29, 0.717) is 13.1 Å². The summed E-state index contributed by atoms with van der Waals surface area (Å²) < 4.78 is 1.81. The lowest BCUT2D eigenvalue weighted by atomic mass is 10.1. The zero-order valence-electron chi connectivity index (χ0n) is 16.3. The number of aliphatic imine (C=N–C) groups is 1. The van der Waals surface area contributed by atoms with Crippen LogP contribution in [0, 0.1) is 13.8 Å². The third-order valence-corrected chi connectivity index (χ3v) is 5.06. The molecule has 0 saturated carbocycles.